The summed E-state index contributed by atoms with van der Waals surface area (Å²) in [5.41, 5.74) is 0. The third-order valence-corrected chi connectivity index (χ3v) is 3.28. The van der Waals surface area contributed by atoms with Crippen molar-refractivity contribution in [3.63, 3.8) is 0 Å². The lowest BCUT2D eigenvalue weighted by Crippen LogP contribution is -2.21. The Kier molecular flexibility index (Phi) is 7.03. The van der Waals surface area contributed by atoms with Gasteiger partial charge in [0.2, 0.25) is 0 Å². The number of hydrogen-bond acceptors (Lipinski definition) is 2. The SMILES string of the molecule is CCCCOC[C@@H](O)CC1CCCCC1. The van der Waals surface area contributed by atoms with Crippen LogP contribution in [0.2, 0.25) is 0 Å². The fourth-order valence-corrected chi connectivity index (χ4v) is 2.34. The van der Waals surface area contributed by atoms with Crippen molar-refractivity contribution >= 4 is 0 Å². The van der Waals surface area contributed by atoms with Crippen molar-refractivity contribution in [1.29, 1.82) is 0 Å². The fourth-order valence-electron chi connectivity index (χ4n) is 2.34. The molecule has 1 aliphatic rings. The lowest BCUT2D eigenvalue weighted by atomic mass is 9.85. The van der Waals surface area contributed by atoms with E-state index in [0.29, 0.717) is 6.61 Å². The second-order valence-electron chi connectivity index (χ2n) is 4.82. The van der Waals surface area contributed by atoms with Crippen molar-refractivity contribution < 1.29 is 9.84 Å². The van der Waals surface area contributed by atoms with E-state index in [-0.39, 0.29) is 6.10 Å². The quantitative estimate of drug-likeness (QED) is 0.660. The van der Waals surface area contributed by atoms with Gasteiger partial charge in [0.15, 0.2) is 0 Å². The standard InChI is InChI=1S/C13H26O2/c1-2-3-9-15-11-13(14)10-12-7-5-4-6-8-12/h12-14H,2-11H2,1H3/t13-/m0/s1. The summed E-state index contributed by atoms with van der Waals surface area (Å²) in [6.45, 7) is 3.50. The summed E-state index contributed by atoms with van der Waals surface area (Å²) in [5.74, 6) is 0.753. The lowest BCUT2D eigenvalue weighted by Gasteiger charge is -2.23. The Hall–Kier alpha value is -0.0800. The van der Waals surface area contributed by atoms with Crippen LogP contribution in [-0.4, -0.2) is 24.4 Å². The van der Waals surface area contributed by atoms with E-state index >= 15 is 0 Å². The third kappa shape index (κ3) is 6.16. The van der Waals surface area contributed by atoms with Crippen LogP contribution in [0.15, 0.2) is 0 Å². The van der Waals surface area contributed by atoms with Gasteiger partial charge < -0.3 is 9.84 Å². The zero-order chi connectivity index (χ0) is 10.9. The Morgan fingerprint density at radius 1 is 1.27 bits per heavy atom. The normalized spacial score (nSPS) is 20.4. The molecule has 1 saturated carbocycles. The summed E-state index contributed by atoms with van der Waals surface area (Å²) in [4.78, 5) is 0. The number of hydrogen-bond donors (Lipinski definition) is 1. The molecule has 1 N–H and O–H groups in total. The molecule has 0 aromatic carbocycles. The smallest absolute Gasteiger partial charge is 0.0776 e. The Bertz CT molecular complexity index is 141. The van der Waals surface area contributed by atoms with Gasteiger partial charge in [-0.15, -0.1) is 0 Å². The van der Waals surface area contributed by atoms with Gasteiger partial charge in [0.25, 0.3) is 0 Å². The number of rotatable bonds is 7. The first-order valence-corrected chi connectivity index (χ1v) is 6.58. The molecule has 1 aliphatic carbocycles. The molecule has 0 radical (unpaired) electrons. The highest BCUT2D eigenvalue weighted by Gasteiger charge is 2.17. The molecule has 90 valence electrons. The second-order valence-corrected chi connectivity index (χ2v) is 4.82. The van der Waals surface area contributed by atoms with E-state index in [4.69, 9.17) is 4.74 Å². The Morgan fingerprint density at radius 3 is 2.67 bits per heavy atom. The minimum atomic E-state index is -0.232. The van der Waals surface area contributed by atoms with E-state index in [2.05, 4.69) is 6.92 Å². The molecule has 2 nitrogen and oxygen atoms in total. The topological polar surface area (TPSA) is 29.5 Å². The van der Waals surface area contributed by atoms with Crippen LogP contribution in [0.4, 0.5) is 0 Å². The molecule has 0 bridgehead atoms. The summed E-state index contributed by atoms with van der Waals surface area (Å²) in [5, 5.41) is 9.78. The van der Waals surface area contributed by atoms with Gasteiger partial charge in [0.05, 0.1) is 12.7 Å². The van der Waals surface area contributed by atoms with Gasteiger partial charge in [0, 0.05) is 6.61 Å². The largest absolute Gasteiger partial charge is 0.391 e. The van der Waals surface area contributed by atoms with Gasteiger partial charge in [-0.2, -0.15) is 0 Å². The highest BCUT2D eigenvalue weighted by atomic mass is 16.5. The van der Waals surface area contributed by atoms with Gasteiger partial charge in [-0.25, -0.2) is 0 Å². The molecule has 0 aromatic heterocycles. The molecule has 1 rings (SSSR count). The van der Waals surface area contributed by atoms with Crippen LogP contribution in [-0.2, 0) is 4.74 Å². The number of ether oxygens (including phenoxy) is 1. The molecule has 0 aromatic rings. The first-order valence-electron chi connectivity index (χ1n) is 6.58. The molecule has 0 aliphatic heterocycles. The number of aliphatic hydroxyl groups excluding tert-OH is 1. The van der Waals surface area contributed by atoms with Crippen LogP contribution >= 0.6 is 0 Å². The van der Waals surface area contributed by atoms with Gasteiger partial charge >= 0.3 is 0 Å². The fraction of sp³-hybridized carbons (Fsp3) is 1.00. The predicted octanol–water partition coefficient (Wildman–Crippen LogP) is 3.13. The van der Waals surface area contributed by atoms with E-state index in [0.717, 1.165) is 25.4 Å². The zero-order valence-corrected chi connectivity index (χ0v) is 10.1. The summed E-state index contributed by atoms with van der Waals surface area (Å²) in [6.07, 6.45) is 9.71. The van der Waals surface area contributed by atoms with Crippen molar-refractivity contribution in [3.05, 3.63) is 0 Å². The summed E-state index contributed by atoms with van der Waals surface area (Å²) >= 11 is 0. The second kappa shape index (κ2) is 8.12. The van der Waals surface area contributed by atoms with Crippen LogP contribution in [0.5, 0.6) is 0 Å². The van der Waals surface area contributed by atoms with Crippen LogP contribution in [0.3, 0.4) is 0 Å². The van der Waals surface area contributed by atoms with Crippen molar-refractivity contribution in [2.24, 2.45) is 5.92 Å². The number of aliphatic hydroxyl groups is 1. The first kappa shape index (κ1) is 13.0. The predicted molar refractivity (Wildman–Crippen MR) is 62.9 cm³/mol. The van der Waals surface area contributed by atoms with Crippen molar-refractivity contribution in [2.45, 2.75) is 64.4 Å². The summed E-state index contributed by atoms with van der Waals surface area (Å²) in [7, 11) is 0. The zero-order valence-electron chi connectivity index (χ0n) is 10.1. The van der Waals surface area contributed by atoms with Gasteiger partial charge in [-0.05, 0) is 18.8 Å². The maximum Gasteiger partial charge on any atom is 0.0776 e. The van der Waals surface area contributed by atoms with E-state index < -0.39 is 0 Å². The Labute approximate surface area is 94.0 Å². The molecule has 2 heteroatoms. The Balaban J connectivity index is 1.98. The Morgan fingerprint density at radius 2 is 2.00 bits per heavy atom. The first-order chi connectivity index (χ1) is 7.33. The van der Waals surface area contributed by atoms with Crippen LogP contribution < -0.4 is 0 Å². The average molecular weight is 214 g/mol. The summed E-state index contributed by atoms with van der Waals surface area (Å²) in [6, 6.07) is 0. The van der Waals surface area contributed by atoms with Crippen molar-refractivity contribution in [3.8, 4) is 0 Å². The molecule has 0 saturated heterocycles. The van der Waals surface area contributed by atoms with Gasteiger partial charge in [0.1, 0.15) is 0 Å². The molecule has 0 spiro atoms. The number of unbranched alkanes of at least 4 members (excludes halogenated alkanes) is 1. The minimum absolute atomic E-state index is 0.232. The van der Waals surface area contributed by atoms with E-state index in [9.17, 15) is 5.11 Å². The molecule has 1 atom stereocenters. The van der Waals surface area contributed by atoms with E-state index in [1.165, 1.54) is 38.5 Å². The van der Waals surface area contributed by atoms with Crippen molar-refractivity contribution in [2.75, 3.05) is 13.2 Å². The maximum absolute atomic E-state index is 9.78. The highest BCUT2D eigenvalue weighted by molar-refractivity contribution is 4.69. The average Bonchev–Trinajstić information content (AvgIpc) is 2.26. The van der Waals surface area contributed by atoms with E-state index in [1.54, 1.807) is 0 Å². The third-order valence-electron chi connectivity index (χ3n) is 3.28. The highest BCUT2D eigenvalue weighted by Crippen LogP contribution is 2.27. The van der Waals surface area contributed by atoms with Crippen molar-refractivity contribution in [1.82, 2.24) is 0 Å². The van der Waals surface area contributed by atoms with Gasteiger partial charge in [-0.1, -0.05) is 45.4 Å². The monoisotopic (exact) mass is 214 g/mol. The molecule has 0 amide bonds. The molecular weight excluding hydrogens is 188 g/mol. The molecule has 15 heavy (non-hydrogen) atoms. The molecule has 0 unspecified atom stereocenters. The van der Waals surface area contributed by atoms with E-state index in [1.807, 2.05) is 0 Å². The summed E-state index contributed by atoms with van der Waals surface area (Å²) < 4.78 is 5.43. The lowest BCUT2D eigenvalue weighted by molar-refractivity contribution is 0.0200. The van der Waals surface area contributed by atoms with Crippen LogP contribution in [0.25, 0.3) is 0 Å². The maximum atomic E-state index is 9.78. The minimum Gasteiger partial charge on any atom is -0.391 e. The molecular formula is C13H26O2. The van der Waals surface area contributed by atoms with Crippen LogP contribution in [0.1, 0.15) is 58.3 Å². The van der Waals surface area contributed by atoms with Gasteiger partial charge in [-0.3, -0.25) is 0 Å². The van der Waals surface area contributed by atoms with Crippen LogP contribution in [0, 0.1) is 5.92 Å². The molecule has 1 fully saturated rings. The molecule has 0 heterocycles.